The Morgan fingerprint density at radius 2 is 1.54 bits per heavy atom. The SMILES string of the molecule is CC(C)(C)c1ccc(C(=O)c2cccc(NC(=O)c3ccc([C@@H]4SCC(=O)N4Cc4ccc(Cl)cc4)cc3)c2)cc1. The van der Waals surface area contributed by atoms with Gasteiger partial charge in [-0.15, -0.1) is 11.8 Å². The van der Waals surface area contributed by atoms with Gasteiger partial charge in [-0.3, -0.25) is 14.4 Å². The number of nitrogens with one attached hydrogen (secondary N) is 1. The molecular weight excluding hydrogens is 552 g/mol. The number of anilines is 1. The van der Waals surface area contributed by atoms with Crippen LogP contribution in [-0.4, -0.2) is 28.3 Å². The molecule has 0 spiro atoms. The number of thioether (sulfide) groups is 1. The van der Waals surface area contributed by atoms with Crippen LogP contribution in [0.5, 0.6) is 0 Å². The molecule has 2 amide bonds. The van der Waals surface area contributed by atoms with Crippen LogP contribution in [0.25, 0.3) is 0 Å². The number of hydrogen-bond donors (Lipinski definition) is 1. The third-order valence-electron chi connectivity index (χ3n) is 7.09. The third kappa shape index (κ3) is 6.72. The smallest absolute Gasteiger partial charge is 0.255 e. The summed E-state index contributed by atoms with van der Waals surface area (Å²) in [6, 6.07) is 29.4. The summed E-state index contributed by atoms with van der Waals surface area (Å²) in [6.07, 6.45) is 0. The fraction of sp³-hybridized carbons (Fsp3) is 0.206. The van der Waals surface area contributed by atoms with E-state index in [9.17, 15) is 14.4 Å². The summed E-state index contributed by atoms with van der Waals surface area (Å²) in [7, 11) is 0. The van der Waals surface area contributed by atoms with E-state index in [1.165, 1.54) is 0 Å². The molecule has 4 aromatic rings. The van der Waals surface area contributed by atoms with E-state index < -0.39 is 0 Å². The molecule has 1 heterocycles. The van der Waals surface area contributed by atoms with Crippen molar-refractivity contribution >= 4 is 46.6 Å². The first-order valence-electron chi connectivity index (χ1n) is 13.4. The average molecular weight is 583 g/mol. The minimum atomic E-state index is -0.274. The molecule has 0 saturated carbocycles. The van der Waals surface area contributed by atoms with E-state index in [-0.39, 0.29) is 28.4 Å². The van der Waals surface area contributed by atoms with Crippen LogP contribution in [0.1, 0.15) is 69.1 Å². The van der Waals surface area contributed by atoms with E-state index in [1.54, 1.807) is 48.2 Å². The first-order chi connectivity index (χ1) is 19.6. The number of rotatable bonds is 7. The summed E-state index contributed by atoms with van der Waals surface area (Å²) in [4.78, 5) is 40.6. The molecule has 5 nitrogen and oxygen atoms in total. The standard InChI is InChI=1S/C34H31ClN2O3S/c1-34(2,3)27-15-13-23(14-16-27)31(39)26-5-4-6-29(19-26)36-32(40)24-9-11-25(12-10-24)33-37(30(38)21-41-33)20-22-7-17-28(35)18-8-22/h4-19,33H,20-21H2,1-3H3,(H,36,40)/t33-/m0/s1. The summed E-state index contributed by atoms with van der Waals surface area (Å²) < 4.78 is 0. The number of hydrogen-bond acceptors (Lipinski definition) is 4. The van der Waals surface area contributed by atoms with Gasteiger partial charge in [-0.25, -0.2) is 0 Å². The zero-order valence-corrected chi connectivity index (χ0v) is 24.8. The lowest BCUT2D eigenvalue weighted by molar-refractivity contribution is -0.128. The second-order valence-electron chi connectivity index (χ2n) is 11.1. The van der Waals surface area contributed by atoms with Crippen LogP contribution in [0.4, 0.5) is 5.69 Å². The van der Waals surface area contributed by atoms with Crippen molar-refractivity contribution in [2.24, 2.45) is 0 Å². The highest BCUT2D eigenvalue weighted by atomic mass is 35.5. The van der Waals surface area contributed by atoms with Crippen LogP contribution >= 0.6 is 23.4 Å². The van der Waals surface area contributed by atoms with Crippen LogP contribution in [0, 0.1) is 0 Å². The summed E-state index contributed by atoms with van der Waals surface area (Å²) in [5.74, 6) is 0.119. The van der Waals surface area contributed by atoms with E-state index >= 15 is 0 Å². The van der Waals surface area contributed by atoms with Crippen molar-refractivity contribution in [1.29, 1.82) is 0 Å². The Hall–Kier alpha value is -3.87. The van der Waals surface area contributed by atoms with Gasteiger partial charge in [0.2, 0.25) is 5.91 Å². The minimum absolute atomic E-state index is 0.00807. The van der Waals surface area contributed by atoms with E-state index in [0.29, 0.717) is 39.7 Å². The first kappa shape index (κ1) is 28.7. The lowest BCUT2D eigenvalue weighted by atomic mass is 9.86. The number of nitrogens with zero attached hydrogens (tertiary/aromatic N) is 1. The number of amides is 2. The highest BCUT2D eigenvalue weighted by Crippen LogP contribution is 2.39. The van der Waals surface area contributed by atoms with Crippen molar-refractivity contribution in [2.45, 2.75) is 38.1 Å². The van der Waals surface area contributed by atoms with Crippen molar-refractivity contribution in [1.82, 2.24) is 4.90 Å². The Bertz CT molecular complexity index is 1580. The van der Waals surface area contributed by atoms with Gasteiger partial charge in [0.1, 0.15) is 5.37 Å². The molecule has 0 aliphatic carbocycles. The lowest BCUT2D eigenvalue weighted by Gasteiger charge is -2.24. The topological polar surface area (TPSA) is 66.5 Å². The zero-order chi connectivity index (χ0) is 29.1. The van der Waals surface area contributed by atoms with Crippen molar-refractivity contribution in [2.75, 3.05) is 11.1 Å². The quantitative estimate of drug-likeness (QED) is 0.225. The molecule has 0 unspecified atom stereocenters. The van der Waals surface area contributed by atoms with Gasteiger partial charge in [0.05, 0.1) is 5.75 Å². The average Bonchev–Trinajstić information content (AvgIpc) is 3.33. The second-order valence-corrected chi connectivity index (χ2v) is 12.6. The maximum Gasteiger partial charge on any atom is 0.255 e. The molecule has 1 atom stereocenters. The number of carbonyl (C=O) groups excluding carboxylic acids is 3. The third-order valence-corrected chi connectivity index (χ3v) is 8.60. The van der Waals surface area contributed by atoms with Crippen molar-refractivity contribution in [3.63, 3.8) is 0 Å². The lowest BCUT2D eigenvalue weighted by Crippen LogP contribution is -2.27. The van der Waals surface area contributed by atoms with E-state index in [1.807, 2.05) is 65.6 Å². The van der Waals surface area contributed by atoms with Gasteiger partial charge >= 0.3 is 0 Å². The minimum Gasteiger partial charge on any atom is -0.322 e. The molecule has 1 N–H and O–H groups in total. The predicted octanol–water partition coefficient (Wildman–Crippen LogP) is 7.90. The van der Waals surface area contributed by atoms with Gasteiger partial charge in [-0.1, -0.05) is 93.0 Å². The number of ketones is 1. The fourth-order valence-corrected chi connectivity index (χ4v) is 6.03. The molecule has 1 fully saturated rings. The molecule has 0 aromatic heterocycles. The Kier molecular flexibility index (Phi) is 8.34. The Morgan fingerprint density at radius 1 is 0.878 bits per heavy atom. The Labute approximate surface area is 249 Å². The van der Waals surface area contributed by atoms with Crippen molar-refractivity contribution in [3.8, 4) is 0 Å². The zero-order valence-electron chi connectivity index (χ0n) is 23.2. The molecule has 208 valence electrons. The summed E-state index contributed by atoms with van der Waals surface area (Å²) >= 11 is 7.58. The molecule has 4 aromatic carbocycles. The number of halogens is 1. The van der Waals surface area contributed by atoms with E-state index in [2.05, 4.69) is 26.1 Å². The summed E-state index contributed by atoms with van der Waals surface area (Å²) in [6.45, 7) is 6.90. The van der Waals surface area contributed by atoms with Crippen LogP contribution < -0.4 is 5.32 Å². The van der Waals surface area contributed by atoms with Crippen LogP contribution in [0.15, 0.2) is 97.1 Å². The predicted molar refractivity (Wildman–Crippen MR) is 167 cm³/mol. The van der Waals surface area contributed by atoms with Gasteiger partial charge in [0.25, 0.3) is 5.91 Å². The first-order valence-corrected chi connectivity index (χ1v) is 14.8. The Balaban J connectivity index is 1.25. The highest BCUT2D eigenvalue weighted by Gasteiger charge is 2.32. The van der Waals surface area contributed by atoms with Gasteiger partial charge in [0, 0.05) is 33.9 Å². The van der Waals surface area contributed by atoms with E-state index in [0.717, 1.165) is 16.7 Å². The number of carbonyl (C=O) groups is 3. The van der Waals surface area contributed by atoms with Crippen LogP contribution in [-0.2, 0) is 16.8 Å². The normalized spacial score (nSPS) is 15.2. The monoisotopic (exact) mass is 582 g/mol. The maximum absolute atomic E-state index is 13.1. The van der Waals surface area contributed by atoms with Gasteiger partial charge in [0.15, 0.2) is 5.78 Å². The fourth-order valence-electron chi connectivity index (χ4n) is 4.72. The van der Waals surface area contributed by atoms with Gasteiger partial charge in [-0.05, 0) is 58.5 Å². The molecule has 1 aliphatic heterocycles. The molecular formula is C34H31ClN2O3S. The summed E-state index contributed by atoms with van der Waals surface area (Å²) in [5, 5.41) is 3.43. The molecule has 41 heavy (non-hydrogen) atoms. The molecule has 7 heteroatoms. The molecule has 0 bridgehead atoms. The van der Waals surface area contributed by atoms with Crippen molar-refractivity contribution < 1.29 is 14.4 Å². The van der Waals surface area contributed by atoms with Gasteiger partial charge < -0.3 is 10.2 Å². The maximum atomic E-state index is 13.1. The van der Waals surface area contributed by atoms with E-state index in [4.69, 9.17) is 11.6 Å². The molecule has 5 rings (SSSR count). The number of benzene rings is 4. The van der Waals surface area contributed by atoms with Crippen LogP contribution in [0.2, 0.25) is 5.02 Å². The van der Waals surface area contributed by atoms with Crippen molar-refractivity contribution in [3.05, 3.63) is 135 Å². The molecule has 0 radical (unpaired) electrons. The second kappa shape index (κ2) is 11.9. The van der Waals surface area contributed by atoms with Gasteiger partial charge in [-0.2, -0.15) is 0 Å². The largest absolute Gasteiger partial charge is 0.322 e. The molecule has 1 aliphatic rings. The highest BCUT2D eigenvalue weighted by molar-refractivity contribution is 8.00. The molecule has 1 saturated heterocycles. The Morgan fingerprint density at radius 3 is 2.20 bits per heavy atom. The summed E-state index contributed by atoms with van der Waals surface area (Å²) in [5.41, 5.74) is 5.27. The van der Waals surface area contributed by atoms with Crippen LogP contribution in [0.3, 0.4) is 0 Å².